The molecule has 0 saturated heterocycles. The molecule has 0 fully saturated rings. The average Bonchev–Trinajstić information content (AvgIpc) is 2.72. The van der Waals surface area contributed by atoms with Gasteiger partial charge < -0.3 is 15.2 Å². The molecule has 0 spiro atoms. The first-order valence-corrected chi connectivity index (χ1v) is 12.2. The van der Waals surface area contributed by atoms with Crippen molar-refractivity contribution in [2.75, 3.05) is 0 Å². The van der Waals surface area contributed by atoms with Crippen molar-refractivity contribution in [3.05, 3.63) is 54.9 Å². The number of amides is 2. The number of phenols is 1. The third kappa shape index (κ3) is 8.48. The first-order chi connectivity index (χ1) is 15.5. The maximum Gasteiger partial charge on any atom is 0.262 e. The number of nitrogens with one attached hydrogen (secondary N) is 2. The molecule has 2 aromatic rings. The highest BCUT2D eigenvalue weighted by Crippen LogP contribution is 2.32. The van der Waals surface area contributed by atoms with Gasteiger partial charge in [0.15, 0.2) is 6.10 Å². The van der Waals surface area contributed by atoms with Crippen LogP contribution in [-0.4, -0.2) is 35.3 Å². The largest absolute Gasteiger partial charge is 0.506 e. The Morgan fingerprint density at radius 2 is 1.76 bits per heavy atom. The third-order valence-electron chi connectivity index (χ3n) is 4.33. The lowest BCUT2D eigenvalue weighted by Gasteiger charge is -2.22. The number of rotatable bonds is 9. The van der Waals surface area contributed by atoms with Gasteiger partial charge in [-0.15, -0.1) is 0 Å². The maximum absolute atomic E-state index is 12.7. The molecule has 2 atom stereocenters. The lowest BCUT2D eigenvalue weighted by Crippen LogP contribution is -2.49. The van der Waals surface area contributed by atoms with Crippen molar-refractivity contribution in [1.82, 2.24) is 10.7 Å². The topological polar surface area (TPSA) is 100 Å². The van der Waals surface area contributed by atoms with E-state index >= 15 is 0 Å². The van der Waals surface area contributed by atoms with Crippen LogP contribution in [0.5, 0.6) is 11.5 Å². The summed E-state index contributed by atoms with van der Waals surface area (Å²) in [5, 5.41) is 17.2. The van der Waals surface area contributed by atoms with Crippen molar-refractivity contribution in [2.45, 2.75) is 39.3 Å². The van der Waals surface area contributed by atoms with Crippen LogP contribution in [0.2, 0.25) is 10.0 Å². The Kier molecular flexibility index (Phi) is 10.5. The molecule has 2 amide bonds. The van der Waals surface area contributed by atoms with E-state index in [2.05, 4.69) is 47.7 Å². The number of hydrogen-bond acceptors (Lipinski definition) is 5. The van der Waals surface area contributed by atoms with Gasteiger partial charge in [0.25, 0.3) is 11.8 Å². The molecule has 7 nitrogen and oxygen atoms in total. The second kappa shape index (κ2) is 12.6. The minimum atomic E-state index is -0.902. The molecular weight excluding hydrogens is 601 g/mol. The summed E-state index contributed by atoms with van der Waals surface area (Å²) in [6.07, 6.45) is 0.925. The van der Waals surface area contributed by atoms with Gasteiger partial charge in [-0.1, -0.05) is 37.0 Å². The lowest BCUT2D eigenvalue weighted by molar-refractivity contribution is -0.132. The van der Waals surface area contributed by atoms with Crippen LogP contribution in [-0.2, 0) is 9.59 Å². The zero-order valence-corrected chi connectivity index (χ0v) is 22.7. The summed E-state index contributed by atoms with van der Waals surface area (Å²) < 4.78 is 6.58. The molecule has 0 radical (unpaired) electrons. The molecule has 2 rings (SSSR count). The average molecular weight is 624 g/mol. The molecule has 0 unspecified atom stereocenters. The number of hydrogen-bond donors (Lipinski definition) is 3. The Morgan fingerprint density at radius 3 is 2.33 bits per heavy atom. The van der Waals surface area contributed by atoms with Crippen LogP contribution in [0.3, 0.4) is 0 Å². The second-order valence-electron chi connectivity index (χ2n) is 7.59. The van der Waals surface area contributed by atoms with Crippen molar-refractivity contribution in [1.29, 1.82) is 0 Å². The molecule has 0 saturated carbocycles. The van der Waals surface area contributed by atoms with Crippen LogP contribution >= 0.6 is 55.1 Å². The summed E-state index contributed by atoms with van der Waals surface area (Å²) in [6.45, 7) is 5.44. The van der Waals surface area contributed by atoms with Crippen molar-refractivity contribution in [2.24, 2.45) is 11.0 Å². The molecule has 0 aliphatic carbocycles. The van der Waals surface area contributed by atoms with Gasteiger partial charge in [-0.2, -0.15) is 5.10 Å². The van der Waals surface area contributed by atoms with Gasteiger partial charge in [0.1, 0.15) is 17.5 Å². The van der Waals surface area contributed by atoms with Gasteiger partial charge in [-0.05, 0) is 87.0 Å². The van der Waals surface area contributed by atoms with Crippen molar-refractivity contribution in [3.63, 3.8) is 0 Å². The fraction of sp³-hybridized carbons (Fsp3) is 0.318. The summed E-state index contributed by atoms with van der Waals surface area (Å²) >= 11 is 18.5. The molecule has 11 heteroatoms. The Hall–Kier alpha value is -1.81. The van der Waals surface area contributed by atoms with E-state index in [1.54, 1.807) is 31.2 Å². The van der Waals surface area contributed by atoms with Crippen LogP contribution < -0.4 is 15.5 Å². The number of ether oxygens (including phenoxy) is 1. The third-order valence-corrected chi connectivity index (χ3v) is 6.07. The summed E-state index contributed by atoms with van der Waals surface area (Å²) in [6, 6.07) is 7.15. The number of carbonyl (C=O) groups excluding carboxylic acids is 2. The summed E-state index contributed by atoms with van der Waals surface area (Å²) in [4.78, 5) is 25.4. The van der Waals surface area contributed by atoms with E-state index in [0.717, 1.165) is 0 Å². The Bertz CT molecular complexity index is 1030. The quantitative estimate of drug-likeness (QED) is 0.247. The van der Waals surface area contributed by atoms with Crippen LogP contribution in [0, 0.1) is 5.92 Å². The number of nitrogens with zero attached hydrogens (tertiary/aromatic N) is 1. The van der Waals surface area contributed by atoms with Gasteiger partial charge in [-0.3, -0.25) is 9.59 Å². The smallest absolute Gasteiger partial charge is 0.262 e. The molecule has 0 bridgehead atoms. The molecule has 33 heavy (non-hydrogen) atoms. The van der Waals surface area contributed by atoms with Crippen LogP contribution in [0.4, 0.5) is 0 Å². The monoisotopic (exact) mass is 621 g/mol. The Morgan fingerprint density at radius 1 is 1.12 bits per heavy atom. The summed E-state index contributed by atoms with van der Waals surface area (Å²) in [5.41, 5.74) is 3.08. The second-order valence-corrected chi connectivity index (χ2v) is 10.1. The molecule has 3 N–H and O–H groups in total. The first-order valence-electron chi connectivity index (χ1n) is 9.91. The first kappa shape index (κ1) is 27.4. The minimum absolute atomic E-state index is 0.0621. The fourth-order valence-corrected chi connectivity index (χ4v) is 4.39. The lowest BCUT2D eigenvalue weighted by atomic mass is 10.0. The van der Waals surface area contributed by atoms with Crippen LogP contribution in [0.15, 0.2) is 44.4 Å². The van der Waals surface area contributed by atoms with Crippen molar-refractivity contribution >= 4 is 73.1 Å². The number of phenolic OH excluding ortho intramolecular Hbond substituents is 1. The van der Waals surface area contributed by atoms with Crippen LogP contribution in [0.25, 0.3) is 0 Å². The minimum Gasteiger partial charge on any atom is -0.506 e. The van der Waals surface area contributed by atoms with Gasteiger partial charge in [-0.25, -0.2) is 5.43 Å². The Labute approximate surface area is 219 Å². The predicted octanol–water partition coefficient (Wildman–Crippen LogP) is 5.67. The highest BCUT2D eigenvalue weighted by atomic mass is 79.9. The number of halogens is 4. The van der Waals surface area contributed by atoms with E-state index in [1.807, 2.05) is 13.8 Å². The summed E-state index contributed by atoms with van der Waals surface area (Å²) in [5.74, 6) is -0.438. The van der Waals surface area contributed by atoms with Gasteiger partial charge in [0.05, 0.1) is 20.2 Å². The van der Waals surface area contributed by atoms with E-state index in [1.165, 1.54) is 12.3 Å². The summed E-state index contributed by atoms with van der Waals surface area (Å²) in [7, 11) is 0. The molecule has 0 heterocycles. The van der Waals surface area contributed by atoms with Gasteiger partial charge in [0, 0.05) is 5.02 Å². The number of aromatic hydroxyl groups is 1. The van der Waals surface area contributed by atoms with E-state index in [4.69, 9.17) is 27.9 Å². The maximum atomic E-state index is 12.7. The van der Waals surface area contributed by atoms with E-state index in [9.17, 15) is 14.7 Å². The normalized spacial score (nSPS) is 13.1. The van der Waals surface area contributed by atoms with Gasteiger partial charge in [0.2, 0.25) is 0 Å². The molecule has 2 aromatic carbocycles. The zero-order valence-electron chi connectivity index (χ0n) is 18.0. The molecule has 0 aliphatic rings. The zero-order chi connectivity index (χ0) is 24.7. The molecule has 0 aliphatic heterocycles. The van der Waals surface area contributed by atoms with Crippen LogP contribution in [0.1, 0.15) is 32.8 Å². The molecule has 178 valence electrons. The predicted molar refractivity (Wildman–Crippen MR) is 137 cm³/mol. The van der Waals surface area contributed by atoms with Gasteiger partial charge >= 0.3 is 0 Å². The SMILES string of the molecule is CC(C)C[C@@H](NC(=O)[C@H](C)Oc1ccc(Cl)cc1Cl)C(=O)N/N=C\c1cc(Br)c(O)c(Br)c1. The highest BCUT2D eigenvalue weighted by molar-refractivity contribution is 9.11. The fourth-order valence-electron chi connectivity index (χ4n) is 2.71. The Balaban J connectivity index is 2.03. The number of hydrazone groups is 1. The van der Waals surface area contributed by atoms with E-state index in [0.29, 0.717) is 31.7 Å². The van der Waals surface area contributed by atoms with Crippen molar-refractivity contribution < 1.29 is 19.4 Å². The standard InChI is InChI=1S/C22H23Br2Cl2N3O4/c1-11(2)6-18(22(32)29-27-10-13-7-15(23)20(30)16(24)8-13)28-21(31)12(3)33-19-5-4-14(25)9-17(19)26/h4-5,7-12,18,30H,6H2,1-3H3,(H,28,31)(H,29,32)/b27-10-/t12-,18+/m0/s1. The number of benzene rings is 2. The number of carbonyl (C=O) groups is 2. The highest BCUT2D eigenvalue weighted by Gasteiger charge is 2.25. The van der Waals surface area contributed by atoms with Crippen molar-refractivity contribution in [3.8, 4) is 11.5 Å². The van der Waals surface area contributed by atoms with E-state index < -0.39 is 24.0 Å². The van der Waals surface area contributed by atoms with E-state index in [-0.39, 0.29) is 16.7 Å². The molecular formula is C22H23Br2Cl2N3O4. The molecule has 0 aromatic heterocycles.